The van der Waals surface area contributed by atoms with Gasteiger partial charge >= 0.3 is 0 Å². The number of nitrogens with zero attached hydrogens (tertiary/aromatic N) is 1. The number of rotatable bonds is 5. The fraction of sp³-hybridized carbons (Fsp3) is 0.500. The molecule has 0 fully saturated rings. The lowest BCUT2D eigenvalue weighted by Gasteiger charge is -2.07. The SMILES string of the molecule is CCCNC(=O)Cn1ccc(C(C)=O)c1C. The van der Waals surface area contributed by atoms with Gasteiger partial charge in [-0.15, -0.1) is 0 Å². The molecular weight excluding hydrogens is 204 g/mol. The minimum Gasteiger partial charge on any atom is -0.355 e. The van der Waals surface area contributed by atoms with Gasteiger partial charge in [-0.2, -0.15) is 0 Å². The molecule has 16 heavy (non-hydrogen) atoms. The van der Waals surface area contributed by atoms with E-state index in [1.165, 1.54) is 6.92 Å². The predicted molar refractivity (Wildman–Crippen MR) is 62.5 cm³/mol. The molecule has 0 aliphatic heterocycles. The Morgan fingerprint density at radius 1 is 1.44 bits per heavy atom. The smallest absolute Gasteiger partial charge is 0.239 e. The lowest BCUT2D eigenvalue weighted by atomic mass is 10.2. The zero-order valence-electron chi connectivity index (χ0n) is 10.0. The first-order valence-corrected chi connectivity index (χ1v) is 5.49. The molecule has 1 N–H and O–H groups in total. The Balaban J connectivity index is 2.68. The second-order valence-electron chi connectivity index (χ2n) is 3.85. The van der Waals surface area contributed by atoms with Crippen LogP contribution >= 0.6 is 0 Å². The zero-order valence-corrected chi connectivity index (χ0v) is 10.0. The van der Waals surface area contributed by atoms with Gasteiger partial charge in [-0.05, 0) is 26.3 Å². The van der Waals surface area contributed by atoms with Gasteiger partial charge in [0, 0.05) is 24.0 Å². The highest BCUT2D eigenvalue weighted by Crippen LogP contribution is 2.10. The summed E-state index contributed by atoms with van der Waals surface area (Å²) in [7, 11) is 0. The molecule has 0 bridgehead atoms. The highest BCUT2D eigenvalue weighted by molar-refractivity contribution is 5.95. The Morgan fingerprint density at radius 2 is 2.12 bits per heavy atom. The third-order valence-corrected chi connectivity index (χ3v) is 2.51. The monoisotopic (exact) mass is 222 g/mol. The predicted octanol–water partition coefficient (Wildman–Crippen LogP) is 1.53. The van der Waals surface area contributed by atoms with Crippen molar-refractivity contribution in [2.45, 2.75) is 33.7 Å². The van der Waals surface area contributed by atoms with Crippen molar-refractivity contribution in [3.63, 3.8) is 0 Å². The molecule has 0 aliphatic carbocycles. The minimum absolute atomic E-state index is 0.0179. The number of Topliss-reactive ketones (excluding diaryl/α,β-unsaturated/α-hetero) is 1. The van der Waals surface area contributed by atoms with E-state index in [2.05, 4.69) is 5.32 Å². The number of carbonyl (C=O) groups excluding carboxylic acids is 2. The first-order chi connectivity index (χ1) is 7.56. The fourth-order valence-electron chi connectivity index (χ4n) is 1.57. The van der Waals surface area contributed by atoms with E-state index in [1.807, 2.05) is 13.8 Å². The molecule has 4 nitrogen and oxygen atoms in total. The molecule has 0 aliphatic rings. The van der Waals surface area contributed by atoms with Crippen molar-refractivity contribution in [1.29, 1.82) is 0 Å². The summed E-state index contributed by atoms with van der Waals surface area (Å²) in [6.45, 7) is 6.36. The molecule has 1 heterocycles. The molecule has 1 aromatic rings. The summed E-state index contributed by atoms with van der Waals surface area (Å²) >= 11 is 0. The van der Waals surface area contributed by atoms with Gasteiger partial charge in [-0.3, -0.25) is 9.59 Å². The maximum atomic E-state index is 11.5. The molecule has 0 saturated heterocycles. The van der Waals surface area contributed by atoms with E-state index in [4.69, 9.17) is 0 Å². The van der Waals surface area contributed by atoms with E-state index >= 15 is 0 Å². The standard InChI is InChI=1S/C12H18N2O2/c1-4-6-13-12(16)8-14-7-5-11(9(14)2)10(3)15/h5,7H,4,6,8H2,1-3H3,(H,13,16). The lowest BCUT2D eigenvalue weighted by Crippen LogP contribution is -2.28. The van der Waals surface area contributed by atoms with Crippen LogP contribution in [-0.4, -0.2) is 22.8 Å². The number of hydrogen-bond donors (Lipinski definition) is 1. The second-order valence-corrected chi connectivity index (χ2v) is 3.85. The Morgan fingerprint density at radius 3 is 2.62 bits per heavy atom. The Hall–Kier alpha value is -1.58. The van der Waals surface area contributed by atoms with E-state index in [9.17, 15) is 9.59 Å². The van der Waals surface area contributed by atoms with Crippen molar-refractivity contribution < 1.29 is 9.59 Å². The minimum atomic E-state index is -0.0179. The first kappa shape index (κ1) is 12.5. The molecule has 0 spiro atoms. The number of amides is 1. The maximum Gasteiger partial charge on any atom is 0.239 e. The zero-order chi connectivity index (χ0) is 12.1. The van der Waals surface area contributed by atoms with E-state index in [0.717, 1.165) is 12.1 Å². The van der Waals surface area contributed by atoms with Crippen molar-refractivity contribution in [3.05, 3.63) is 23.5 Å². The van der Waals surface area contributed by atoms with Crippen LogP contribution in [0.3, 0.4) is 0 Å². The van der Waals surface area contributed by atoms with Gasteiger partial charge in [-0.25, -0.2) is 0 Å². The third-order valence-electron chi connectivity index (χ3n) is 2.51. The summed E-state index contributed by atoms with van der Waals surface area (Å²) in [5.41, 5.74) is 1.53. The van der Waals surface area contributed by atoms with Crippen LogP contribution in [0.25, 0.3) is 0 Å². The summed E-state index contributed by atoms with van der Waals surface area (Å²) in [5, 5.41) is 2.80. The van der Waals surface area contributed by atoms with Crippen LogP contribution in [0.1, 0.15) is 36.3 Å². The second kappa shape index (κ2) is 5.49. The van der Waals surface area contributed by atoms with Crippen LogP contribution < -0.4 is 5.32 Å². The molecule has 0 saturated carbocycles. The Labute approximate surface area is 95.6 Å². The normalized spacial score (nSPS) is 10.2. The first-order valence-electron chi connectivity index (χ1n) is 5.49. The van der Waals surface area contributed by atoms with E-state index < -0.39 is 0 Å². The van der Waals surface area contributed by atoms with E-state index in [-0.39, 0.29) is 18.2 Å². The molecular formula is C12H18N2O2. The van der Waals surface area contributed by atoms with Crippen molar-refractivity contribution >= 4 is 11.7 Å². The topological polar surface area (TPSA) is 51.1 Å². The Kier molecular flexibility index (Phi) is 4.28. The van der Waals surface area contributed by atoms with Gasteiger partial charge < -0.3 is 9.88 Å². The summed E-state index contributed by atoms with van der Waals surface area (Å²) in [6.07, 6.45) is 2.70. The molecule has 1 amide bonds. The molecule has 88 valence electrons. The van der Waals surface area contributed by atoms with E-state index in [0.29, 0.717) is 12.1 Å². The van der Waals surface area contributed by atoms with Gasteiger partial charge in [0.05, 0.1) is 0 Å². The number of ketones is 1. The number of aromatic nitrogens is 1. The molecule has 0 radical (unpaired) electrons. The molecule has 0 atom stereocenters. The molecule has 4 heteroatoms. The molecule has 0 unspecified atom stereocenters. The summed E-state index contributed by atoms with van der Waals surface area (Å²) < 4.78 is 1.79. The average Bonchev–Trinajstić information content (AvgIpc) is 2.57. The van der Waals surface area contributed by atoms with Crippen molar-refractivity contribution in [2.24, 2.45) is 0 Å². The van der Waals surface area contributed by atoms with E-state index in [1.54, 1.807) is 16.8 Å². The van der Waals surface area contributed by atoms with Gasteiger partial charge in [-0.1, -0.05) is 6.92 Å². The quantitative estimate of drug-likeness (QED) is 0.768. The Bertz CT molecular complexity index is 394. The molecule has 1 rings (SSSR count). The number of hydrogen-bond acceptors (Lipinski definition) is 2. The van der Waals surface area contributed by atoms with Crippen LogP contribution in [-0.2, 0) is 11.3 Å². The van der Waals surface area contributed by atoms with Crippen LogP contribution in [0.4, 0.5) is 0 Å². The summed E-state index contributed by atoms with van der Waals surface area (Å²) in [5.74, 6) is 0.0147. The lowest BCUT2D eigenvalue weighted by molar-refractivity contribution is -0.121. The van der Waals surface area contributed by atoms with Gasteiger partial charge in [0.1, 0.15) is 6.54 Å². The van der Waals surface area contributed by atoms with Gasteiger partial charge in [0.2, 0.25) is 5.91 Å². The maximum absolute atomic E-state index is 11.5. The number of carbonyl (C=O) groups is 2. The number of nitrogens with one attached hydrogen (secondary N) is 1. The average molecular weight is 222 g/mol. The van der Waals surface area contributed by atoms with Crippen LogP contribution in [0.2, 0.25) is 0 Å². The molecule has 0 aromatic carbocycles. The van der Waals surface area contributed by atoms with Crippen molar-refractivity contribution in [3.8, 4) is 0 Å². The van der Waals surface area contributed by atoms with Crippen LogP contribution in [0.5, 0.6) is 0 Å². The fourth-order valence-corrected chi connectivity index (χ4v) is 1.57. The summed E-state index contributed by atoms with van der Waals surface area (Å²) in [4.78, 5) is 22.7. The highest BCUT2D eigenvalue weighted by Gasteiger charge is 2.10. The summed E-state index contributed by atoms with van der Waals surface area (Å²) in [6, 6.07) is 1.75. The third kappa shape index (κ3) is 2.95. The highest BCUT2D eigenvalue weighted by atomic mass is 16.2. The van der Waals surface area contributed by atoms with Gasteiger partial charge in [0.25, 0.3) is 0 Å². The largest absolute Gasteiger partial charge is 0.355 e. The molecule has 1 aromatic heterocycles. The van der Waals surface area contributed by atoms with Crippen molar-refractivity contribution in [1.82, 2.24) is 9.88 Å². The van der Waals surface area contributed by atoms with Gasteiger partial charge in [0.15, 0.2) is 5.78 Å². The van der Waals surface area contributed by atoms with Crippen LogP contribution in [0.15, 0.2) is 12.3 Å². The van der Waals surface area contributed by atoms with Crippen LogP contribution in [0, 0.1) is 6.92 Å². The van der Waals surface area contributed by atoms with Crippen molar-refractivity contribution in [2.75, 3.05) is 6.54 Å².